The summed E-state index contributed by atoms with van der Waals surface area (Å²) in [6.45, 7) is 7.46. The topological polar surface area (TPSA) is 15.3 Å². The molecule has 21 heavy (non-hydrogen) atoms. The average molecular weight is 282 g/mol. The number of hydrogen-bond donors (Lipinski definition) is 1. The van der Waals surface area contributed by atoms with Gasteiger partial charge in [0.2, 0.25) is 0 Å². The van der Waals surface area contributed by atoms with E-state index in [2.05, 4.69) is 85.7 Å². The van der Waals surface area contributed by atoms with Gasteiger partial charge in [-0.15, -0.1) is 0 Å². The number of hydrogen-bond acceptors (Lipinski definition) is 2. The number of nitrogens with zero attached hydrogens (tertiary/aromatic N) is 1. The Morgan fingerprint density at radius 1 is 0.905 bits per heavy atom. The molecule has 0 fully saturated rings. The Balaban J connectivity index is 2.15. The smallest absolute Gasteiger partial charge is 0.0449 e. The Morgan fingerprint density at radius 2 is 1.52 bits per heavy atom. The van der Waals surface area contributed by atoms with Crippen LogP contribution in [0, 0.1) is 0 Å². The molecule has 1 N–H and O–H groups in total. The van der Waals surface area contributed by atoms with Crippen molar-refractivity contribution in [3.8, 4) is 11.1 Å². The monoisotopic (exact) mass is 282 g/mol. The number of rotatable bonds is 7. The fourth-order valence-corrected chi connectivity index (χ4v) is 2.51. The van der Waals surface area contributed by atoms with E-state index in [-0.39, 0.29) is 0 Å². The molecule has 0 aromatic heterocycles. The summed E-state index contributed by atoms with van der Waals surface area (Å²) in [5, 5.41) is 3.58. The third-order valence-corrected chi connectivity index (χ3v) is 3.90. The van der Waals surface area contributed by atoms with Crippen molar-refractivity contribution in [1.82, 2.24) is 10.2 Å². The van der Waals surface area contributed by atoms with Crippen LogP contribution < -0.4 is 5.32 Å². The summed E-state index contributed by atoms with van der Waals surface area (Å²) < 4.78 is 0. The SMILES string of the molecule is CCNC(CN(C)CC)c1ccc(-c2ccccc2)cc1. The maximum atomic E-state index is 3.58. The largest absolute Gasteiger partial charge is 0.309 e. The van der Waals surface area contributed by atoms with Gasteiger partial charge in [0.25, 0.3) is 0 Å². The highest BCUT2D eigenvalue weighted by Gasteiger charge is 2.12. The molecule has 0 aliphatic carbocycles. The Morgan fingerprint density at radius 3 is 2.10 bits per heavy atom. The number of nitrogens with one attached hydrogen (secondary N) is 1. The van der Waals surface area contributed by atoms with E-state index in [1.165, 1.54) is 16.7 Å². The van der Waals surface area contributed by atoms with Crippen LogP contribution in [0.25, 0.3) is 11.1 Å². The quantitative estimate of drug-likeness (QED) is 0.827. The Labute approximate surface area is 128 Å². The molecule has 0 aliphatic heterocycles. The summed E-state index contributed by atoms with van der Waals surface area (Å²) in [5.74, 6) is 0. The molecule has 1 atom stereocenters. The Hall–Kier alpha value is -1.64. The molecule has 0 saturated carbocycles. The van der Waals surface area contributed by atoms with Gasteiger partial charge in [-0.2, -0.15) is 0 Å². The van der Waals surface area contributed by atoms with Crippen molar-refractivity contribution in [3.05, 3.63) is 60.2 Å². The minimum atomic E-state index is 0.393. The summed E-state index contributed by atoms with van der Waals surface area (Å²) >= 11 is 0. The van der Waals surface area contributed by atoms with Crippen LogP contribution in [-0.4, -0.2) is 31.6 Å². The molecule has 2 nitrogen and oxygen atoms in total. The van der Waals surface area contributed by atoms with E-state index in [1.54, 1.807) is 0 Å². The molecule has 0 saturated heterocycles. The number of likely N-dealkylation sites (N-methyl/N-ethyl adjacent to an activating group) is 2. The molecule has 2 aromatic rings. The van der Waals surface area contributed by atoms with Crippen LogP contribution in [0.1, 0.15) is 25.5 Å². The van der Waals surface area contributed by atoms with Gasteiger partial charge in [-0.05, 0) is 36.8 Å². The lowest BCUT2D eigenvalue weighted by Crippen LogP contribution is -2.32. The van der Waals surface area contributed by atoms with Gasteiger partial charge in [0.1, 0.15) is 0 Å². The fourth-order valence-electron chi connectivity index (χ4n) is 2.51. The maximum absolute atomic E-state index is 3.58. The molecule has 0 spiro atoms. The predicted octanol–water partition coefficient (Wildman–Crippen LogP) is 3.96. The van der Waals surface area contributed by atoms with Crippen molar-refractivity contribution >= 4 is 0 Å². The average Bonchev–Trinajstić information content (AvgIpc) is 2.55. The summed E-state index contributed by atoms with van der Waals surface area (Å²) in [7, 11) is 2.17. The van der Waals surface area contributed by atoms with Gasteiger partial charge in [0, 0.05) is 12.6 Å². The summed E-state index contributed by atoms with van der Waals surface area (Å²) in [6.07, 6.45) is 0. The van der Waals surface area contributed by atoms with Crippen molar-refractivity contribution in [2.45, 2.75) is 19.9 Å². The third kappa shape index (κ3) is 4.42. The van der Waals surface area contributed by atoms with Gasteiger partial charge in [0.15, 0.2) is 0 Å². The second-order valence-corrected chi connectivity index (χ2v) is 5.45. The normalized spacial score (nSPS) is 12.6. The fraction of sp³-hybridized carbons (Fsp3) is 0.368. The lowest BCUT2D eigenvalue weighted by molar-refractivity contribution is 0.305. The molecular weight excluding hydrogens is 256 g/mol. The number of benzene rings is 2. The third-order valence-electron chi connectivity index (χ3n) is 3.90. The van der Waals surface area contributed by atoms with Crippen molar-refractivity contribution < 1.29 is 0 Å². The van der Waals surface area contributed by atoms with Crippen LogP contribution in [0.4, 0.5) is 0 Å². The highest BCUT2D eigenvalue weighted by molar-refractivity contribution is 5.63. The van der Waals surface area contributed by atoms with Crippen LogP contribution in [0.15, 0.2) is 54.6 Å². The van der Waals surface area contributed by atoms with E-state index >= 15 is 0 Å². The minimum Gasteiger partial charge on any atom is -0.309 e. The van der Waals surface area contributed by atoms with Crippen molar-refractivity contribution in [1.29, 1.82) is 0 Å². The first-order valence-corrected chi connectivity index (χ1v) is 7.82. The Kier molecular flexibility index (Phi) is 5.97. The van der Waals surface area contributed by atoms with Crippen molar-refractivity contribution in [2.24, 2.45) is 0 Å². The zero-order chi connectivity index (χ0) is 15.1. The van der Waals surface area contributed by atoms with Gasteiger partial charge in [-0.1, -0.05) is 68.4 Å². The molecule has 2 aromatic carbocycles. The van der Waals surface area contributed by atoms with Crippen molar-refractivity contribution in [3.63, 3.8) is 0 Å². The highest BCUT2D eigenvalue weighted by Crippen LogP contribution is 2.22. The second kappa shape index (κ2) is 7.96. The van der Waals surface area contributed by atoms with E-state index < -0.39 is 0 Å². The highest BCUT2D eigenvalue weighted by atomic mass is 15.1. The maximum Gasteiger partial charge on any atom is 0.0449 e. The van der Waals surface area contributed by atoms with E-state index in [4.69, 9.17) is 0 Å². The van der Waals surface area contributed by atoms with Crippen molar-refractivity contribution in [2.75, 3.05) is 26.7 Å². The van der Waals surface area contributed by atoms with Crippen LogP contribution >= 0.6 is 0 Å². The first kappa shape index (κ1) is 15.7. The van der Waals surface area contributed by atoms with Crippen LogP contribution in [-0.2, 0) is 0 Å². The molecule has 0 aliphatic rings. The van der Waals surface area contributed by atoms with Gasteiger partial charge in [0.05, 0.1) is 0 Å². The van der Waals surface area contributed by atoms with Gasteiger partial charge in [-0.3, -0.25) is 0 Å². The van der Waals surface area contributed by atoms with E-state index in [0.717, 1.165) is 19.6 Å². The molecule has 2 rings (SSSR count). The minimum absolute atomic E-state index is 0.393. The van der Waals surface area contributed by atoms with Crippen LogP contribution in [0.5, 0.6) is 0 Å². The predicted molar refractivity (Wildman–Crippen MR) is 91.5 cm³/mol. The summed E-state index contributed by atoms with van der Waals surface area (Å²) in [6, 6.07) is 19.9. The lowest BCUT2D eigenvalue weighted by Gasteiger charge is -2.24. The zero-order valence-electron chi connectivity index (χ0n) is 13.3. The first-order valence-electron chi connectivity index (χ1n) is 7.82. The molecule has 2 heteroatoms. The van der Waals surface area contributed by atoms with Crippen LogP contribution in [0.3, 0.4) is 0 Å². The van der Waals surface area contributed by atoms with E-state index in [1.807, 2.05) is 0 Å². The molecule has 0 bridgehead atoms. The molecule has 0 amide bonds. The van der Waals surface area contributed by atoms with Gasteiger partial charge < -0.3 is 10.2 Å². The molecule has 1 unspecified atom stereocenters. The van der Waals surface area contributed by atoms with Gasteiger partial charge in [-0.25, -0.2) is 0 Å². The van der Waals surface area contributed by atoms with Crippen LogP contribution in [0.2, 0.25) is 0 Å². The first-order chi connectivity index (χ1) is 10.2. The zero-order valence-corrected chi connectivity index (χ0v) is 13.3. The van der Waals surface area contributed by atoms with Gasteiger partial charge >= 0.3 is 0 Å². The van der Waals surface area contributed by atoms with E-state index in [0.29, 0.717) is 6.04 Å². The summed E-state index contributed by atoms with van der Waals surface area (Å²) in [4.78, 5) is 2.35. The Bertz CT molecular complexity index is 519. The molecule has 0 radical (unpaired) electrons. The second-order valence-electron chi connectivity index (χ2n) is 5.45. The lowest BCUT2D eigenvalue weighted by atomic mass is 10.0. The molecular formula is C19H26N2. The molecule has 0 heterocycles. The summed E-state index contributed by atoms with van der Waals surface area (Å²) in [5.41, 5.74) is 3.91. The van der Waals surface area contributed by atoms with E-state index in [9.17, 15) is 0 Å². The standard InChI is InChI=1S/C19H26N2/c1-4-20-19(15-21(3)5-2)18-13-11-17(12-14-18)16-9-7-6-8-10-16/h6-14,19-20H,4-5,15H2,1-3H3. The molecule has 112 valence electrons.